The molecule has 14 heavy (non-hydrogen) atoms. The molecule has 0 radical (unpaired) electrons. The summed E-state index contributed by atoms with van der Waals surface area (Å²) in [6, 6.07) is 0. The number of carbonyl (C=O) groups is 1. The van der Waals surface area contributed by atoms with Crippen LogP contribution in [0.5, 0.6) is 0 Å². The van der Waals surface area contributed by atoms with E-state index < -0.39 is 28.5 Å². The Hall–Kier alpha value is -0.980. The van der Waals surface area contributed by atoms with Crippen LogP contribution in [0, 0.1) is 0 Å². The van der Waals surface area contributed by atoms with Crippen molar-refractivity contribution in [3.05, 3.63) is 11.3 Å². The molecule has 78 valence electrons. The largest absolute Gasteiger partial charge is 0.435 e. The summed E-state index contributed by atoms with van der Waals surface area (Å²) in [5.41, 5.74) is -2.95. The molecule has 1 aliphatic heterocycles. The number of allylic oxidation sites excluding steroid dienone is 1. The lowest BCUT2D eigenvalue weighted by Crippen LogP contribution is -2.23. The van der Waals surface area contributed by atoms with Crippen molar-refractivity contribution in [3.63, 3.8) is 0 Å². The van der Waals surface area contributed by atoms with Gasteiger partial charge in [-0.05, 0) is 18.5 Å². The molecule has 1 aliphatic rings. The third kappa shape index (κ3) is 1.77. The molecule has 0 bridgehead atoms. The molecule has 1 heterocycles. The molecule has 0 saturated heterocycles. The highest BCUT2D eigenvalue weighted by Crippen LogP contribution is 2.41. The second-order valence-electron chi connectivity index (χ2n) is 2.65. The fourth-order valence-corrected chi connectivity index (χ4v) is 1.19. The molecule has 0 aromatic carbocycles. The SMILES string of the molecule is CC1(F)N=NC(C(F)(F)F)=C1C(=O)Cl. The zero-order chi connectivity index (χ0) is 11.1. The summed E-state index contributed by atoms with van der Waals surface area (Å²) in [5, 5.41) is 3.69. The number of rotatable bonds is 1. The zero-order valence-corrected chi connectivity index (χ0v) is 7.45. The van der Waals surface area contributed by atoms with Crippen LogP contribution in [-0.4, -0.2) is 17.2 Å². The maximum absolute atomic E-state index is 13.2. The van der Waals surface area contributed by atoms with Gasteiger partial charge in [-0.3, -0.25) is 4.79 Å². The number of alkyl halides is 4. The fourth-order valence-electron chi connectivity index (χ4n) is 0.931. The number of hydrogen-bond acceptors (Lipinski definition) is 3. The fraction of sp³-hybridized carbons (Fsp3) is 0.500. The summed E-state index contributed by atoms with van der Waals surface area (Å²) in [4.78, 5) is 10.6. The topological polar surface area (TPSA) is 41.8 Å². The predicted octanol–water partition coefficient (Wildman–Crippen LogP) is 2.72. The van der Waals surface area contributed by atoms with Crippen LogP contribution in [0.15, 0.2) is 21.5 Å². The van der Waals surface area contributed by atoms with Gasteiger partial charge in [0.25, 0.3) is 5.24 Å². The number of nitrogens with zero attached hydrogens (tertiary/aromatic N) is 2. The lowest BCUT2D eigenvalue weighted by Gasteiger charge is -2.11. The molecule has 0 aromatic rings. The predicted molar refractivity (Wildman–Crippen MR) is 38.3 cm³/mol. The van der Waals surface area contributed by atoms with E-state index in [0.717, 1.165) is 0 Å². The average Bonchev–Trinajstić information content (AvgIpc) is 2.23. The molecule has 0 N–H and O–H groups in total. The van der Waals surface area contributed by atoms with Crippen molar-refractivity contribution in [1.82, 2.24) is 0 Å². The highest BCUT2D eigenvalue weighted by molar-refractivity contribution is 6.68. The maximum Gasteiger partial charge on any atom is 0.435 e. The van der Waals surface area contributed by atoms with Gasteiger partial charge in [-0.15, -0.1) is 10.2 Å². The smallest absolute Gasteiger partial charge is 0.276 e. The molecule has 0 aliphatic carbocycles. The molecule has 8 heteroatoms. The van der Waals surface area contributed by atoms with Crippen molar-refractivity contribution < 1.29 is 22.4 Å². The van der Waals surface area contributed by atoms with Crippen molar-refractivity contribution >= 4 is 16.8 Å². The highest BCUT2D eigenvalue weighted by Gasteiger charge is 2.49. The van der Waals surface area contributed by atoms with Gasteiger partial charge < -0.3 is 0 Å². The molecular weight excluding hydrogens is 228 g/mol. The van der Waals surface area contributed by atoms with Gasteiger partial charge in [0.1, 0.15) is 5.57 Å². The average molecular weight is 231 g/mol. The first-order chi connectivity index (χ1) is 6.16. The highest BCUT2D eigenvalue weighted by atomic mass is 35.5. The normalized spacial score (nSPS) is 27.3. The summed E-state index contributed by atoms with van der Waals surface area (Å²) < 4.78 is 49.6. The number of hydrogen-bond donors (Lipinski definition) is 0. The van der Waals surface area contributed by atoms with Crippen LogP contribution in [0.1, 0.15) is 6.92 Å². The summed E-state index contributed by atoms with van der Waals surface area (Å²) in [5.74, 6) is -2.80. The lowest BCUT2D eigenvalue weighted by atomic mass is 10.1. The lowest BCUT2D eigenvalue weighted by molar-refractivity contribution is -0.112. The van der Waals surface area contributed by atoms with E-state index in [4.69, 9.17) is 11.6 Å². The van der Waals surface area contributed by atoms with Crippen LogP contribution in [0.2, 0.25) is 0 Å². The third-order valence-corrected chi connectivity index (χ3v) is 1.68. The molecular formula is C6H3ClF4N2O. The molecule has 0 fully saturated rings. The first-order valence-electron chi connectivity index (χ1n) is 3.30. The Morgan fingerprint density at radius 1 is 1.50 bits per heavy atom. The standard InChI is InChI=1S/C6H3ClF4N2O/c1-5(8)2(4(7)14)3(12-13-5)6(9,10)11/h1H3. The van der Waals surface area contributed by atoms with E-state index in [9.17, 15) is 22.4 Å². The summed E-state index contributed by atoms with van der Waals surface area (Å²) in [6.07, 6.45) is -4.94. The molecule has 0 aromatic heterocycles. The van der Waals surface area contributed by atoms with E-state index in [1.165, 1.54) is 0 Å². The summed E-state index contributed by atoms with van der Waals surface area (Å²) in [7, 11) is 0. The van der Waals surface area contributed by atoms with Crippen molar-refractivity contribution in [2.75, 3.05) is 0 Å². The van der Waals surface area contributed by atoms with E-state index in [2.05, 4.69) is 10.2 Å². The number of carbonyl (C=O) groups excluding carboxylic acids is 1. The van der Waals surface area contributed by atoms with Gasteiger partial charge in [-0.1, -0.05) is 0 Å². The first-order valence-corrected chi connectivity index (χ1v) is 3.67. The Morgan fingerprint density at radius 3 is 2.29 bits per heavy atom. The molecule has 1 atom stereocenters. The zero-order valence-electron chi connectivity index (χ0n) is 6.69. The van der Waals surface area contributed by atoms with E-state index in [0.29, 0.717) is 6.92 Å². The molecule has 1 unspecified atom stereocenters. The van der Waals surface area contributed by atoms with Crippen LogP contribution in [0.4, 0.5) is 17.6 Å². The first kappa shape index (κ1) is 11.1. The van der Waals surface area contributed by atoms with Gasteiger partial charge in [-0.25, -0.2) is 4.39 Å². The van der Waals surface area contributed by atoms with Gasteiger partial charge in [-0.2, -0.15) is 13.2 Å². The number of halogens is 5. The maximum atomic E-state index is 13.2. The van der Waals surface area contributed by atoms with Crippen LogP contribution >= 0.6 is 11.6 Å². The van der Waals surface area contributed by atoms with Crippen LogP contribution in [-0.2, 0) is 4.79 Å². The van der Waals surface area contributed by atoms with E-state index in [-0.39, 0.29) is 0 Å². The molecule has 0 saturated carbocycles. The van der Waals surface area contributed by atoms with E-state index in [1.54, 1.807) is 0 Å². The Labute approximate surface area is 80.4 Å². The second kappa shape index (κ2) is 3.01. The van der Waals surface area contributed by atoms with E-state index >= 15 is 0 Å². The van der Waals surface area contributed by atoms with Gasteiger partial charge in [0.2, 0.25) is 5.79 Å². The number of azo groups is 1. The molecule has 1 rings (SSSR count). The summed E-state index contributed by atoms with van der Waals surface area (Å²) in [6.45, 7) is 0.671. The van der Waals surface area contributed by atoms with Crippen LogP contribution in [0.3, 0.4) is 0 Å². The minimum atomic E-state index is -4.94. The molecule has 0 amide bonds. The van der Waals surface area contributed by atoms with Crippen molar-refractivity contribution in [2.24, 2.45) is 10.2 Å². The summed E-state index contributed by atoms with van der Waals surface area (Å²) >= 11 is 4.81. The van der Waals surface area contributed by atoms with Gasteiger partial charge in [0.15, 0.2) is 5.70 Å². The molecule has 0 spiro atoms. The Kier molecular flexibility index (Phi) is 2.39. The van der Waals surface area contributed by atoms with Crippen LogP contribution in [0.25, 0.3) is 0 Å². The van der Waals surface area contributed by atoms with E-state index in [1.807, 2.05) is 0 Å². The van der Waals surface area contributed by atoms with Gasteiger partial charge >= 0.3 is 6.18 Å². The van der Waals surface area contributed by atoms with Crippen LogP contribution < -0.4 is 0 Å². The van der Waals surface area contributed by atoms with Crippen molar-refractivity contribution in [3.8, 4) is 0 Å². The monoisotopic (exact) mass is 230 g/mol. The van der Waals surface area contributed by atoms with Crippen molar-refractivity contribution in [2.45, 2.75) is 18.9 Å². The van der Waals surface area contributed by atoms with Gasteiger partial charge in [0, 0.05) is 0 Å². The Balaban J connectivity index is 3.32. The second-order valence-corrected chi connectivity index (χ2v) is 2.99. The Morgan fingerprint density at radius 2 is 2.00 bits per heavy atom. The quantitative estimate of drug-likeness (QED) is 0.388. The molecule has 3 nitrogen and oxygen atoms in total. The minimum absolute atomic E-state index is 0.671. The Bertz CT molecular complexity index is 344. The van der Waals surface area contributed by atoms with Crippen molar-refractivity contribution in [1.29, 1.82) is 0 Å². The minimum Gasteiger partial charge on any atom is -0.276 e. The van der Waals surface area contributed by atoms with Gasteiger partial charge in [0.05, 0.1) is 0 Å². The third-order valence-electron chi connectivity index (χ3n) is 1.50.